The maximum atomic E-state index is 12.6. The predicted octanol–water partition coefficient (Wildman–Crippen LogP) is 2.69. The Kier molecular flexibility index (Phi) is 7.52. The van der Waals surface area contributed by atoms with Gasteiger partial charge in [0.1, 0.15) is 6.04 Å². The molecular formula is C26H31N5O2. The van der Waals surface area contributed by atoms with Gasteiger partial charge in [-0.3, -0.25) is 14.5 Å². The SMILES string of the molecule is NC(=O)[C@H](Cc1ccccc1)NC(=O)CC1CCN(Cc2ccc(-n3ccnc3)cc2)CC1. The maximum Gasteiger partial charge on any atom is 0.240 e. The Labute approximate surface area is 194 Å². The van der Waals surface area contributed by atoms with Crippen molar-refractivity contribution in [2.24, 2.45) is 11.7 Å². The van der Waals surface area contributed by atoms with E-state index >= 15 is 0 Å². The summed E-state index contributed by atoms with van der Waals surface area (Å²) in [6, 6.07) is 17.5. The van der Waals surface area contributed by atoms with E-state index in [1.165, 1.54) is 5.56 Å². The minimum Gasteiger partial charge on any atom is -0.368 e. The van der Waals surface area contributed by atoms with Gasteiger partial charge in [0.2, 0.25) is 11.8 Å². The van der Waals surface area contributed by atoms with Gasteiger partial charge in [0.05, 0.1) is 6.33 Å². The van der Waals surface area contributed by atoms with Gasteiger partial charge in [0.25, 0.3) is 0 Å². The summed E-state index contributed by atoms with van der Waals surface area (Å²) < 4.78 is 1.99. The van der Waals surface area contributed by atoms with Crippen LogP contribution in [0.1, 0.15) is 30.4 Å². The minimum absolute atomic E-state index is 0.0942. The molecule has 1 aliphatic heterocycles. The number of carbonyl (C=O) groups is 2. The van der Waals surface area contributed by atoms with Gasteiger partial charge in [-0.1, -0.05) is 42.5 Å². The third-order valence-electron chi connectivity index (χ3n) is 6.29. The topological polar surface area (TPSA) is 93.2 Å². The summed E-state index contributed by atoms with van der Waals surface area (Å²) in [7, 11) is 0. The molecule has 2 aromatic carbocycles. The molecule has 1 aromatic heterocycles. The van der Waals surface area contributed by atoms with Crippen molar-refractivity contribution >= 4 is 11.8 Å². The third-order valence-corrected chi connectivity index (χ3v) is 6.29. The lowest BCUT2D eigenvalue weighted by atomic mass is 9.92. The number of benzene rings is 2. The first-order valence-electron chi connectivity index (χ1n) is 11.5. The molecule has 0 bridgehead atoms. The average molecular weight is 446 g/mol. The first-order valence-corrected chi connectivity index (χ1v) is 11.5. The zero-order chi connectivity index (χ0) is 23.0. The first kappa shape index (κ1) is 22.7. The fourth-order valence-electron chi connectivity index (χ4n) is 4.38. The Morgan fingerprint density at radius 2 is 1.76 bits per heavy atom. The summed E-state index contributed by atoms with van der Waals surface area (Å²) in [5.74, 6) is -0.264. The second-order valence-electron chi connectivity index (χ2n) is 8.77. The predicted molar refractivity (Wildman–Crippen MR) is 127 cm³/mol. The number of carbonyl (C=O) groups excluding carboxylic acids is 2. The molecule has 3 aromatic rings. The molecule has 2 heterocycles. The number of piperidine rings is 1. The molecule has 0 radical (unpaired) electrons. The molecule has 3 N–H and O–H groups in total. The highest BCUT2D eigenvalue weighted by molar-refractivity contribution is 5.86. The Morgan fingerprint density at radius 3 is 2.39 bits per heavy atom. The number of imidazole rings is 1. The second kappa shape index (κ2) is 10.9. The van der Waals surface area contributed by atoms with Crippen molar-refractivity contribution in [1.29, 1.82) is 0 Å². The molecule has 2 amide bonds. The molecule has 1 atom stereocenters. The van der Waals surface area contributed by atoms with Crippen LogP contribution in [0.5, 0.6) is 0 Å². The third kappa shape index (κ3) is 6.52. The molecule has 1 saturated heterocycles. The van der Waals surface area contributed by atoms with Crippen LogP contribution in [-0.4, -0.2) is 45.4 Å². The van der Waals surface area contributed by atoms with E-state index in [-0.39, 0.29) is 5.91 Å². The molecule has 172 valence electrons. The molecule has 7 heteroatoms. The van der Waals surface area contributed by atoms with Crippen LogP contribution in [0.25, 0.3) is 5.69 Å². The van der Waals surface area contributed by atoms with Crippen LogP contribution in [0.15, 0.2) is 73.3 Å². The summed E-state index contributed by atoms with van der Waals surface area (Å²) in [6.45, 7) is 2.83. The van der Waals surface area contributed by atoms with E-state index in [9.17, 15) is 9.59 Å². The van der Waals surface area contributed by atoms with Crippen molar-refractivity contribution in [3.05, 3.63) is 84.4 Å². The first-order chi connectivity index (χ1) is 16.1. The van der Waals surface area contributed by atoms with Crippen molar-refractivity contribution in [2.45, 2.75) is 38.3 Å². The van der Waals surface area contributed by atoms with Crippen molar-refractivity contribution in [1.82, 2.24) is 19.8 Å². The van der Waals surface area contributed by atoms with Gasteiger partial charge in [-0.15, -0.1) is 0 Å². The molecular weight excluding hydrogens is 414 g/mol. The van der Waals surface area contributed by atoms with Gasteiger partial charge in [-0.2, -0.15) is 0 Å². The number of nitrogens with two attached hydrogens (primary N) is 1. The van der Waals surface area contributed by atoms with E-state index in [0.717, 1.165) is 43.7 Å². The van der Waals surface area contributed by atoms with Gasteiger partial charge in [0.15, 0.2) is 0 Å². The molecule has 1 fully saturated rings. The summed E-state index contributed by atoms with van der Waals surface area (Å²) in [5, 5.41) is 2.85. The quantitative estimate of drug-likeness (QED) is 0.530. The van der Waals surface area contributed by atoms with E-state index in [2.05, 4.69) is 39.5 Å². The van der Waals surface area contributed by atoms with E-state index in [4.69, 9.17) is 5.73 Å². The van der Waals surface area contributed by atoms with Crippen molar-refractivity contribution < 1.29 is 9.59 Å². The molecule has 0 unspecified atom stereocenters. The number of hydrogen-bond acceptors (Lipinski definition) is 4. The largest absolute Gasteiger partial charge is 0.368 e. The average Bonchev–Trinajstić information content (AvgIpc) is 3.36. The highest BCUT2D eigenvalue weighted by Crippen LogP contribution is 2.22. The van der Waals surface area contributed by atoms with Crippen molar-refractivity contribution in [2.75, 3.05) is 13.1 Å². The van der Waals surface area contributed by atoms with Crippen molar-refractivity contribution in [3.8, 4) is 5.69 Å². The number of aromatic nitrogens is 2. The number of likely N-dealkylation sites (tertiary alicyclic amines) is 1. The highest BCUT2D eigenvalue weighted by atomic mass is 16.2. The van der Waals surface area contributed by atoms with Crippen LogP contribution in [0, 0.1) is 5.92 Å². The molecule has 7 nitrogen and oxygen atoms in total. The number of primary amides is 1. The number of rotatable bonds is 9. The number of hydrogen-bond donors (Lipinski definition) is 2. The molecule has 0 saturated carbocycles. The van der Waals surface area contributed by atoms with E-state index in [1.54, 1.807) is 12.5 Å². The maximum absolute atomic E-state index is 12.6. The Bertz CT molecular complexity index is 1030. The molecule has 1 aliphatic rings. The van der Waals surface area contributed by atoms with E-state index < -0.39 is 11.9 Å². The van der Waals surface area contributed by atoms with Gasteiger partial charge >= 0.3 is 0 Å². The zero-order valence-corrected chi connectivity index (χ0v) is 18.8. The summed E-state index contributed by atoms with van der Waals surface area (Å²) in [4.78, 5) is 30.9. The standard InChI is InChI=1S/C26H31N5O2/c27-26(33)24(16-20-4-2-1-3-5-20)29-25(32)17-21-10-13-30(14-11-21)18-22-6-8-23(9-7-22)31-15-12-28-19-31/h1-9,12,15,19,21,24H,10-11,13-14,16-18H2,(H2,27,33)(H,29,32)/t24-/m0/s1. The number of amides is 2. The lowest BCUT2D eigenvalue weighted by molar-refractivity contribution is -0.128. The van der Waals surface area contributed by atoms with Crippen LogP contribution in [-0.2, 0) is 22.6 Å². The molecule has 4 rings (SSSR count). The fourth-order valence-corrected chi connectivity index (χ4v) is 4.38. The van der Waals surface area contributed by atoms with E-state index in [0.29, 0.717) is 18.8 Å². The summed E-state index contributed by atoms with van der Waals surface area (Å²) in [6.07, 6.45) is 8.30. The second-order valence-corrected chi connectivity index (χ2v) is 8.77. The lowest BCUT2D eigenvalue weighted by Crippen LogP contribution is -2.46. The van der Waals surface area contributed by atoms with Crippen LogP contribution in [0.2, 0.25) is 0 Å². The lowest BCUT2D eigenvalue weighted by Gasteiger charge is -2.32. The summed E-state index contributed by atoms with van der Waals surface area (Å²) >= 11 is 0. The van der Waals surface area contributed by atoms with Crippen LogP contribution < -0.4 is 11.1 Å². The number of nitrogens with zero attached hydrogens (tertiary/aromatic N) is 3. The normalized spacial score (nSPS) is 15.8. The zero-order valence-electron chi connectivity index (χ0n) is 18.8. The molecule has 0 aliphatic carbocycles. The molecule has 0 spiro atoms. The van der Waals surface area contributed by atoms with Crippen LogP contribution in [0.3, 0.4) is 0 Å². The minimum atomic E-state index is -0.676. The fraction of sp³-hybridized carbons (Fsp3) is 0.346. The smallest absolute Gasteiger partial charge is 0.240 e. The Balaban J connectivity index is 1.21. The van der Waals surface area contributed by atoms with Gasteiger partial charge < -0.3 is 15.6 Å². The van der Waals surface area contributed by atoms with E-state index in [1.807, 2.05) is 41.1 Å². The molecule has 33 heavy (non-hydrogen) atoms. The Hall–Kier alpha value is -3.45. The van der Waals surface area contributed by atoms with Crippen LogP contribution in [0.4, 0.5) is 0 Å². The van der Waals surface area contributed by atoms with Crippen LogP contribution >= 0.6 is 0 Å². The van der Waals surface area contributed by atoms with Gasteiger partial charge in [0, 0.05) is 37.5 Å². The van der Waals surface area contributed by atoms with Gasteiger partial charge in [-0.25, -0.2) is 4.98 Å². The monoisotopic (exact) mass is 445 g/mol. The number of nitrogens with one attached hydrogen (secondary N) is 1. The Morgan fingerprint density at radius 1 is 1.03 bits per heavy atom. The highest BCUT2D eigenvalue weighted by Gasteiger charge is 2.24. The van der Waals surface area contributed by atoms with Crippen molar-refractivity contribution in [3.63, 3.8) is 0 Å². The summed E-state index contributed by atoms with van der Waals surface area (Å²) in [5.41, 5.74) is 8.89. The van der Waals surface area contributed by atoms with Gasteiger partial charge in [-0.05, 0) is 55.1 Å².